The lowest BCUT2D eigenvalue weighted by atomic mass is 10.3. The molecule has 0 bridgehead atoms. The molecular weight excluding hydrogens is 324 g/mol. The molecule has 0 saturated heterocycles. The van der Waals surface area contributed by atoms with Crippen LogP contribution in [0.15, 0.2) is 47.2 Å². The number of thiazole rings is 1. The van der Waals surface area contributed by atoms with E-state index in [1.807, 2.05) is 41.1 Å². The van der Waals surface area contributed by atoms with Gasteiger partial charge in [0, 0.05) is 29.4 Å². The molecule has 0 spiro atoms. The van der Waals surface area contributed by atoms with Crippen LogP contribution in [-0.2, 0) is 5.75 Å². The van der Waals surface area contributed by atoms with Gasteiger partial charge in [0.05, 0.1) is 15.9 Å². The van der Waals surface area contributed by atoms with Gasteiger partial charge in [0.15, 0.2) is 4.34 Å². The third-order valence-electron chi connectivity index (χ3n) is 2.96. The molecule has 0 unspecified atom stereocenters. The second-order valence-electron chi connectivity index (χ2n) is 4.44. The van der Waals surface area contributed by atoms with Gasteiger partial charge in [0.25, 0.3) is 0 Å². The summed E-state index contributed by atoms with van der Waals surface area (Å²) < 4.78 is 4.10. The number of benzene rings is 1. The van der Waals surface area contributed by atoms with Crippen molar-refractivity contribution in [3.63, 3.8) is 0 Å². The molecule has 104 valence electrons. The van der Waals surface area contributed by atoms with Crippen LogP contribution >= 0.6 is 34.7 Å². The second kappa shape index (κ2) is 5.29. The molecular formula is C14H9ClN4S2. The second-order valence-corrected chi connectivity index (χ2v) is 7.13. The van der Waals surface area contributed by atoms with Crippen molar-refractivity contribution in [2.75, 3.05) is 0 Å². The Morgan fingerprint density at radius 2 is 2.24 bits per heavy atom. The van der Waals surface area contributed by atoms with E-state index in [9.17, 15) is 0 Å². The number of thioether (sulfide) groups is 1. The van der Waals surface area contributed by atoms with Gasteiger partial charge in [0.2, 0.25) is 5.78 Å². The fourth-order valence-electron chi connectivity index (χ4n) is 2.03. The van der Waals surface area contributed by atoms with Crippen LogP contribution in [0.2, 0.25) is 5.02 Å². The Morgan fingerprint density at radius 1 is 1.29 bits per heavy atom. The van der Waals surface area contributed by atoms with E-state index in [1.165, 1.54) is 0 Å². The van der Waals surface area contributed by atoms with E-state index in [0.717, 1.165) is 36.8 Å². The molecule has 3 aromatic heterocycles. The highest BCUT2D eigenvalue weighted by molar-refractivity contribution is 8.00. The molecule has 0 fully saturated rings. The van der Waals surface area contributed by atoms with E-state index in [1.54, 1.807) is 29.3 Å². The quantitative estimate of drug-likeness (QED) is 0.525. The molecule has 3 heterocycles. The summed E-state index contributed by atoms with van der Waals surface area (Å²) in [5, 5.41) is 0.718. The van der Waals surface area contributed by atoms with Gasteiger partial charge in [-0.3, -0.25) is 4.40 Å². The van der Waals surface area contributed by atoms with Crippen LogP contribution < -0.4 is 0 Å². The summed E-state index contributed by atoms with van der Waals surface area (Å²) >= 11 is 9.34. The molecule has 0 aliphatic carbocycles. The molecule has 0 aliphatic rings. The first-order valence-electron chi connectivity index (χ1n) is 6.25. The molecule has 0 atom stereocenters. The average molecular weight is 333 g/mol. The number of rotatable bonds is 3. The van der Waals surface area contributed by atoms with Crippen molar-refractivity contribution < 1.29 is 0 Å². The minimum absolute atomic E-state index is 0.718. The SMILES string of the molecule is Clc1ccc2sc(SCc3cn4cccnc4n3)nc2c1. The molecule has 7 heteroatoms. The first kappa shape index (κ1) is 13.1. The fraction of sp³-hybridized carbons (Fsp3) is 0.0714. The lowest BCUT2D eigenvalue weighted by Gasteiger charge is -1.91. The molecule has 21 heavy (non-hydrogen) atoms. The number of fused-ring (bicyclic) bond motifs is 2. The highest BCUT2D eigenvalue weighted by Crippen LogP contribution is 2.32. The van der Waals surface area contributed by atoms with Gasteiger partial charge in [0.1, 0.15) is 0 Å². The predicted octanol–water partition coefficient (Wildman–Crippen LogP) is 4.28. The van der Waals surface area contributed by atoms with Gasteiger partial charge in [-0.1, -0.05) is 23.4 Å². The summed E-state index contributed by atoms with van der Waals surface area (Å²) in [5.74, 6) is 1.50. The summed E-state index contributed by atoms with van der Waals surface area (Å²) in [6, 6.07) is 7.69. The first-order valence-corrected chi connectivity index (χ1v) is 8.43. The lowest BCUT2D eigenvalue weighted by Crippen LogP contribution is -1.83. The van der Waals surface area contributed by atoms with Crippen LogP contribution in [0.1, 0.15) is 5.69 Å². The van der Waals surface area contributed by atoms with Gasteiger partial charge >= 0.3 is 0 Å². The third-order valence-corrected chi connectivity index (χ3v) is 5.41. The van der Waals surface area contributed by atoms with E-state index in [0.29, 0.717) is 0 Å². The highest BCUT2D eigenvalue weighted by Gasteiger charge is 2.07. The molecule has 0 saturated carbocycles. The predicted molar refractivity (Wildman–Crippen MR) is 87.2 cm³/mol. The molecule has 0 aliphatic heterocycles. The van der Waals surface area contributed by atoms with Crippen molar-refractivity contribution in [2.45, 2.75) is 10.1 Å². The maximum absolute atomic E-state index is 5.98. The van der Waals surface area contributed by atoms with Crippen LogP contribution in [0.3, 0.4) is 0 Å². The normalized spacial score (nSPS) is 11.5. The third kappa shape index (κ3) is 2.62. The number of halogens is 1. The van der Waals surface area contributed by atoms with Crippen LogP contribution in [0.4, 0.5) is 0 Å². The summed E-state index contributed by atoms with van der Waals surface area (Å²) in [5.41, 5.74) is 1.95. The first-order chi connectivity index (χ1) is 10.3. The smallest absolute Gasteiger partial charge is 0.233 e. The zero-order chi connectivity index (χ0) is 14.2. The fourth-order valence-corrected chi connectivity index (χ4v) is 4.12. The summed E-state index contributed by atoms with van der Waals surface area (Å²) in [7, 11) is 0. The van der Waals surface area contributed by atoms with Crippen molar-refractivity contribution >= 4 is 50.7 Å². The number of hydrogen-bond acceptors (Lipinski definition) is 5. The molecule has 0 amide bonds. The van der Waals surface area contributed by atoms with Gasteiger partial charge in [-0.2, -0.15) is 0 Å². The van der Waals surface area contributed by atoms with E-state index >= 15 is 0 Å². The van der Waals surface area contributed by atoms with Crippen LogP contribution in [0.5, 0.6) is 0 Å². The molecule has 4 rings (SSSR count). The topological polar surface area (TPSA) is 43.1 Å². The Hall–Kier alpha value is -1.63. The van der Waals surface area contributed by atoms with Crippen molar-refractivity contribution in [1.29, 1.82) is 0 Å². The van der Waals surface area contributed by atoms with Gasteiger partial charge in [-0.05, 0) is 24.3 Å². The van der Waals surface area contributed by atoms with Crippen molar-refractivity contribution in [3.05, 3.63) is 53.6 Å². The van der Waals surface area contributed by atoms with Crippen LogP contribution in [-0.4, -0.2) is 19.4 Å². The van der Waals surface area contributed by atoms with E-state index in [-0.39, 0.29) is 0 Å². The zero-order valence-electron chi connectivity index (χ0n) is 10.7. The maximum Gasteiger partial charge on any atom is 0.233 e. The van der Waals surface area contributed by atoms with Gasteiger partial charge in [-0.15, -0.1) is 11.3 Å². The molecule has 4 nitrogen and oxygen atoms in total. The summed E-state index contributed by atoms with van der Waals surface area (Å²) in [4.78, 5) is 13.3. The van der Waals surface area contributed by atoms with Crippen molar-refractivity contribution in [2.24, 2.45) is 0 Å². The Labute approximate surface area is 133 Å². The minimum Gasteiger partial charge on any atom is -0.291 e. The summed E-state index contributed by atoms with van der Waals surface area (Å²) in [6.07, 6.45) is 5.69. The van der Waals surface area contributed by atoms with Crippen molar-refractivity contribution in [3.8, 4) is 0 Å². The van der Waals surface area contributed by atoms with E-state index in [2.05, 4.69) is 15.0 Å². The van der Waals surface area contributed by atoms with Crippen LogP contribution in [0, 0.1) is 0 Å². The molecule has 1 aromatic carbocycles. The molecule has 4 aromatic rings. The lowest BCUT2D eigenvalue weighted by molar-refractivity contribution is 1.11. The van der Waals surface area contributed by atoms with E-state index in [4.69, 9.17) is 11.6 Å². The zero-order valence-corrected chi connectivity index (χ0v) is 13.1. The Balaban J connectivity index is 1.57. The Bertz CT molecular complexity index is 898. The van der Waals surface area contributed by atoms with Gasteiger partial charge in [-0.25, -0.2) is 15.0 Å². The number of aromatic nitrogens is 4. The van der Waals surface area contributed by atoms with Gasteiger partial charge < -0.3 is 0 Å². The number of hydrogen-bond donors (Lipinski definition) is 0. The monoisotopic (exact) mass is 332 g/mol. The Kier molecular flexibility index (Phi) is 3.29. The Morgan fingerprint density at radius 3 is 3.14 bits per heavy atom. The average Bonchev–Trinajstić information content (AvgIpc) is 3.07. The maximum atomic E-state index is 5.98. The van der Waals surface area contributed by atoms with Crippen LogP contribution in [0.25, 0.3) is 16.0 Å². The largest absolute Gasteiger partial charge is 0.291 e. The minimum atomic E-state index is 0.718. The standard InChI is InChI=1S/C14H9ClN4S2/c15-9-2-3-12-11(6-9)18-14(21-12)20-8-10-7-19-5-1-4-16-13(19)17-10/h1-7H,8H2. The highest BCUT2D eigenvalue weighted by atomic mass is 35.5. The molecule has 0 N–H and O–H groups in total. The number of nitrogens with zero attached hydrogens (tertiary/aromatic N) is 4. The molecule has 0 radical (unpaired) electrons. The number of imidazole rings is 1. The summed E-state index contributed by atoms with van der Waals surface area (Å²) in [6.45, 7) is 0. The van der Waals surface area contributed by atoms with Crippen molar-refractivity contribution in [1.82, 2.24) is 19.4 Å². The van der Waals surface area contributed by atoms with E-state index < -0.39 is 0 Å².